The minimum Gasteiger partial charge on any atom is -0.497 e. The Kier molecular flexibility index (Phi) is 7.80. The summed E-state index contributed by atoms with van der Waals surface area (Å²) in [4.78, 5) is 23.7. The maximum absolute atomic E-state index is 12.9. The molecule has 0 saturated heterocycles. The van der Waals surface area contributed by atoms with E-state index in [1.807, 2.05) is 31.2 Å². The molecular weight excluding hydrogens is 365 g/mol. The Hall–Kier alpha value is -3.09. The van der Waals surface area contributed by atoms with Crippen molar-refractivity contribution in [1.29, 1.82) is 0 Å². The van der Waals surface area contributed by atoms with Crippen LogP contribution in [0.2, 0.25) is 0 Å². The highest BCUT2D eigenvalue weighted by atomic mass is 19.1. The first-order chi connectivity index (χ1) is 13.4. The van der Waals surface area contributed by atoms with Gasteiger partial charge in [-0.25, -0.2) is 9.18 Å². The second-order valence-electron chi connectivity index (χ2n) is 6.29. The van der Waals surface area contributed by atoms with E-state index >= 15 is 0 Å². The van der Waals surface area contributed by atoms with Crippen molar-refractivity contribution in [1.82, 2.24) is 5.32 Å². The molecule has 1 amide bonds. The van der Waals surface area contributed by atoms with E-state index in [9.17, 15) is 19.1 Å². The summed E-state index contributed by atoms with van der Waals surface area (Å²) in [6.45, 7) is 1.80. The van der Waals surface area contributed by atoms with Gasteiger partial charge in [0, 0.05) is 6.42 Å². The molecule has 0 aliphatic rings. The molecule has 7 heteroatoms. The van der Waals surface area contributed by atoms with Crippen LogP contribution in [-0.4, -0.2) is 36.7 Å². The molecule has 2 aromatic carbocycles. The summed E-state index contributed by atoms with van der Waals surface area (Å²) in [6, 6.07) is 12.5. The van der Waals surface area contributed by atoms with Crippen molar-refractivity contribution in [3.05, 3.63) is 59.9 Å². The number of methoxy groups -OCH3 is 1. The monoisotopic (exact) mass is 389 g/mol. The van der Waals surface area contributed by atoms with Crippen LogP contribution in [0.5, 0.6) is 11.5 Å². The SMILES string of the molecule is CCC(CC(=O)NCC(Oc1ccc(F)cc1)C(=O)O)c1ccc(OC)cc1. The van der Waals surface area contributed by atoms with Gasteiger partial charge in [0.15, 0.2) is 0 Å². The number of nitrogens with one attached hydrogen (secondary N) is 1. The number of carbonyl (C=O) groups is 2. The van der Waals surface area contributed by atoms with Gasteiger partial charge in [-0.2, -0.15) is 0 Å². The largest absolute Gasteiger partial charge is 0.497 e. The first-order valence-corrected chi connectivity index (χ1v) is 8.98. The number of aliphatic carboxylic acids is 1. The maximum atomic E-state index is 12.9. The van der Waals surface area contributed by atoms with Gasteiger partial charge >= 0.3 is 5.97 Å². The first kappa shape index (κ1) is 21.2. The van der Waals surface area contributed by atoms with Crippen LogP contribution in [0.1, 0.15) is 31.2 Å². The third kappa shape index (κ3) is 6.26. The predicted octanol–water partition coefficient (Wildman–Crippen LogP) is 3.37. The van der Waals surface area contributed by atoms with E-state index in [2.05, 4.69) is 5.32 Å². The van der Waals surface area contributed by atoms with Gasteiger partial charge in [-0.3, -0.25) is 4.79 Å². The van der Waals surface area contributed by atoms with Gasteiger partial charge in [0.2, 0.25) is 12.0 Å². The van der Waals surface area contributed by atoms with Crippen molar-refractivity contribution < 1.29 is 28.6 Å². The fourth-order valence-electron chi connectivity index (χ4n) is 2.73. The molecule has 2 aromatic rings. The number of carbonyl (C=O) groups excluding carboxylic acids is 1. The molecule has 0 aliphatic carbocycles. The van der Waals surface area contributed by atoms with Gasteiger partial charge in [0.1, 0.15) is 17.3 Å². The smallest absolute Gasteiger partial charge is 0.346 e. The quantitative estimate of drug-likeness (QED) is 0.651. The number of ether oxygens (including phenoxy) is 2. The normalized spacial score (nSPS) is 12.7. The number of amides is 1. The molecule has 2 rings (SSSR count). The summed E-state index contributed by atoms with van der Waals surface area (Å²) < 4.78 is 23.4. The van der Waals surface area contributed by atoms with Crippen LogP contribution in [0.3, 0.4) is 0 Å². The molecule has 28 heavy (non-hydrogen) atoms. The second kappa shape index (κ2) is 10.3. The molecule has 0 aromatic heterocycles. The number of hydrogen-bond donors (Lipinski definition) is 2. The maximum Gasteiger partial charge on any atom is 0.346 e. The van der Waals surface area contributed by atoms with Gasteiger partial charge < -0.3 is 19.9 Å². The van der Waals surface area contributed by atoms with Crippen molar-refractivity contribution in [2.75, 3.05) is 13.7 Å². The lowest BCUT2D eigenvalue weighted by molar-refractivity contribution is -0.145. The molecule has 2 unspecified atom stereocenters. The van der Waals surface area contributed by atoms with Crippen molar-refractivity contribution in [3.8, 4) is 11.5 Å². The van der Waals surface area contributed by atoms with Gasteiger partial charge in [-0.1, -0.05) is 19.1 Å². The summed E-state index contributed by atoms with van der Waals surface area (Å²) in [7, 11) is 1.59. The van der Waals surface area contributed by atoms with Crippen LogP contribution in [0.25, 0.3) is 0 Å². The van der Waals surface area contributed by atoms with Crippen LogP contribution in [-0.2, 0) is 9.59 Å². The van der Waals surface area contributed by atoms with Crippen molar-refractivity contribution >= 4 is 11.9 Å². The number of hydrogen-bond acceptors (Lipinski definition) is 4. The predicted molar refractivity (Wildman–Crippen MR) is 102 cm³/mol. The lowest BCUT2D eigenvalue weighted by Gasteiger charge is -2.18. The highest BCUT2D eigenvalue weighted by molar-refractivity contribution is 5.79. The Morgan fingerprint density at radius 3 is 2.21 bits per heavy atom. The summed E-state index contributed by atoms with van der Waals surface area (Å²) >= 11 is 0. The summed E-state index contributed by atoms with van der Waals surface area (Å²) in [5.41, 5.74) is 1.01. The first-order valence-electron chi connectivity index (χ1n) is 8.98. The van der Waals surface area contributed by atoms with E-state index in [0.717, 1.165) is 17.7 Å². The Labute approximate surface area is 163 Å². The molecule has 0 bridgehead atoms. The highest BCUT2D eigenvalue weighted by Crippen LogP contribution is 2.25. The fraction of sp³-hybridized carbons (Fsp3) is 0.333. The lowest BCUT2D eigenvalue weighted by Crippen LogP contribution is -2.40. The van der Waals surface area contributed by atoms with E-state index in [1.54, 1.807) is 7.11 Å². The number of carboxylic acid groups (broad SMARTS) is 1. The molecule has 2 atom stereocenters. The zero-order chi connectivity index (χ0) is 20.5. The summed E-state index contributed by atoms with van der Waals surface area (Å²) in [5, 5.41) is 11.9. The number of carboxylic acids is 1. The van der Waals surface area contributed by atoms with Crippen LogP contribution in [0, 0.1) is 5.82 Å². The summed E-state index contributed by atoms with van der Waals surface area (Å²) in [6.07, 6.45) is -0.282. The second-order valence-corrected chi connectivity index (χ2v) is 6.29. The Bertz CT molecular complexity index is 776. The minimum atomic E-state index is -1.27. The standard InChI is InChI=1S/C21H24FNO5/c1-3-14(15-4-8-17(27-2)9-5-15)12-20(24)23-13-19(21(25)26)28-18-10-6-16(22)7-11-18/h4-11,14,19H,3,12-13H2,1-2H3,(H,23,24)(H,25,26). The van der Waals surface area contributed by atoms with Crippen molar-refractivity contribution in [3.63, 3.8) is 0 Å². The summed E-state index contributed by atoms with van der Waals surface area (Å²) in [5.74, 6) is -0.967. The molecule has 0 heterocycles. The molecule has 0 fully saturated rings. The molecular formula is C21H24FNO5. The third-order valence-electron chi connectivity index (χ3n) is 4.36. The Balaban J connectivity index is 1.91. The van der Waals surface area contributed by atoms with Crippen LogP contribution in [0.4, 0.5) is 4.39 Å². The van der Waals surface area contributed by atoms with E-state index in [1.165, 1.54) is 24.3 Å². The van der Waals surface area contributed by atoms with Crippen molar-refractivity contribution in [2.45, 2.75) is 31.8 Å². The molecule has 6 nitrogen and oxygen atoms in total. The lowest BCUT2D eigenvalue weighted by atomic mass is 9.93. The van der Waals surface area contributed by atoms with Crippen LogP contribution in [0.15, 0.2) is 48.5 Å². The minimum absolute atomic E-state index is 0.00667. The molecule has 0 saturated carbocycles. The van der Waals surface area contributed by atoms with Gasteiger partial charge in [0.25, 0.3) is 0 Å². The van der Waals surface area contributed by atoms with Gasteiger partial charge in [-0.05, 0) is 54.3 Å². The molecule has 0 aliphatic heterocycles. The number of rotatable bonds is 10. The highest BCUT2D eigenvalue weighted by Gasteiger charge is 2.22. The van der Waals surface area contributed by atoms with Gasteiger partial charge in [0.05, 0.1) is 13.7 Å². The average molecular weight is 389 g/mol. The van der Waals surface area contributed by atoms with Crippen molar-refractivity contribution in [2.24, 2.45) is 0 Å². The van der Waals surface area contributed by atoms with E-state index in [-0.39, 0.29) is 30.5 Å². The van der Waals surface area contributed by atoms with Crippen LogP contribution < -0.4 is 14.8 Å². The fourth-order valence-corrected chi connectivity index (χ4v) is 2.73. The molecule has 2 N–H and O–H groups in total. The zero-order valence-electron chi connectivity index (χ0n) is 15.9. The molecule has 0 radical (unpaired) electrons. The Morgan fingerprint density at radius 2 is 1.68 bits per heavy atom. The van der Waals surface area contributed by atoms with Crippen LogP contribution >= 0.6 is 0 Å². The average Bonchev–Trinajstić information content (AvgIpc) is 2.70. The Morgan fingerprint density at radius 1 is 1.07 bits per heavy atom. The zero-order valence-corrected chi connectivity index (χ0v) is 15.9. The number of halogens is 1. The third-order valence-corrected chi connectivity index (χ3v) is 4.36. The molecule has 150 valence electrons. The van der Waals surface area contributed by atoms with E-state index in [0.29, 0.717) is 0 Å². The molecule has 0 spiro atoms. The topological polar surface area (TPSA) is 84.9 Å². The van der Waals surface area contributed by atoms with E-state index < -0.39 is 17.9 Å². The van der Waals surface area contributed by atoms with Gasteiger partial charge in [-0.15, -0.1) is 0 Å². The van der Waals surface area contributed by atoms with E-state index in [4.69, 9.17) is 9.47 Å². The number of benzene rings is 2.